The molecule has 0 aliphatic carbocycles. The minimum absolute atomic E-state index is 0.245. The van der Waals surface area contributed by atoms with Gasteiger partial charge in [-0.2, -0.15) is 0 Å². The highest BCUT2D eigenvalue weighted by Crippen LogP contribution is 2.21. The standard InChI is InChI=1S/C10H21N3O4S/c1-12(2)7-10(15)4-5-13(8-10)9(14)6-11-18(3,16)17/h11,15H,4-8H2,1-3H3/t10-/m0/s1. The number of nitrogens with zero attached hydrogens (tertiary/aromatic N) is 2. The Kier molecular flexibility index (Phi) is 4.71. The molecule has 0 spiro atoms. The molecule has 1 saturated heterocycles. The number of likely N-dealkylation sites (tertiary alicyclic amines) is 1. The van der Waals surface area contributed by atoms with Gasteiger partial charge in [-0.25, -0.2) is 13.1 Å². The summed E-state index contributed by atoms with van der Waals surface area (Å²) < 4.78 is 23.9. The summed E-state index contributed by atoms with van der Waals surface area (Å²) in [7, 11) is 0.345. The van der Waals surface area contributed by atoms with Crippen LogP contribution in [0.2, 0.25) is 0 Å². The van der Waals surface area contributed by atoms with Crippen LogP contribution in [0.5, 0.6) is 0 Å². The molecule has 0 saturated carbocycles. The Hall–Kier alpha value is -0.700. The van der Waals surface area contributed by atoms with Crippen molar-refractivity contribution in [2.75, 3.05) is 46.5 Å². The van der Waals surface area contributed by atoms with E-state index >= 15 is 0 Å². The molecule has 1 heterocycles. The first-order valence-corrected chi connectivity index (χ1v) is 7.60. The maximum Gasteiger partial charge on any atom is 0.237 e. The molecule has 0 aromatic rings. The molecule has 1 amide bonds. The van der Waals surface area contributed by atoms with Gasteiger partial charge in [-0.15, -0.1) is 0 Å². The van der Waals surface area contributed by atoms with E-state index in [9.17, 15) is 18.3 Å². The number of carbonyl (C=O) groups excluding carboxylic acids is 1. The lowest BCUT2D eigenvalue weighted by molar-refractivity contribution is -0.130. The number of carbonyl (C=O) groups is 1. The van der Waals surface area contributed by atoms with E-state index < -0.39 is 15.6 Å². The van der Waals surface area contributed by atoms with Crippen LogP contribution < -0.4 is 4.72 Å². The highest BCUT2D eigenvalue weighted by atomic mass is 32.2. The second-order valence-electron chi connectivity index (χ2n) is 5.12. The van der Waals surface area contributed by atoms with E-state index in [4.69, 9.17) is 0 Å². The quantitative estimate of drug-likeness (QED) is 0.611. The first-order chi connectivity index (χ1) is 8.11. The van der Waals surface area contributed by atoms with Crippen molar-refractivity contribution in [1.82, 2.24) is 14.5 Å². The van der Waals surface area contributed by atoms with Crippen LogP contribution in [-0.4, -0.2) is 81.4 Å². The van der Waals surface area contributed by atoms with Crippen molar-refractivity contribution in [2.45, 2.75) is 12.0 Å². The Morgan fingerprint density at radius 3 is 2.61 bits per heavy atom. The monoisotopic (exact) mass is 279 g/mol. The molecule has 0 aromatic carbocycles. The molecule has 8 heteroatoms. The van der Waals surface area contributed by atoms with Crippen LogP contribution in [0.15, 0.2) is 0 Å². The molecule has 1 atom stereocenters. The van der Waals surface area contributed by atoms with Crippen molar-refractivity contribution >= 4 is 15.9 Å². The highest BCUT2D eigenvalue weighted by molar-refractivity contribution is 7.88. The maximum absolute atomic E-state index is 11.7. The second-order valence-corrected chi connectivity index (χ2v) is 6.95. The third-order valence-corrected chi connectivity index (χ3v) is 3.45. The summed E-state index contributed by atoms with van der Waals surface area (Å²) in [4.78, 5) is 15.1. The van der Waals surface area contributed by atoms with E-state index in [1.807, 2.05) is 19.0 Å². The minimum Gasteiger partial charge on any atom is -0.387 e. The second kappa shape index (κ2) is 5.52. The largest absolute Gasteiger partial charge is 0.387 e. The molecule has 0 bridgehead atoms. The summed E-state index contributed by atoms with van der Waals surface area (Å²) in [6.07, 6.45) is 1.52. The maximum atomic E-state index is 11.7. The molecule has 1 aliphatic rings. The van der Waals surface area contributed by atoms with Gasteiger partial charge in [-0.05, 0) is 20.5 Å². The van der Waals surface area contributed by atoms with Crippen molar-refractivity contribution in [1.29, 1.82) is 0 Å². The first-order valence-electron chi connectivity index (χ1n) is 5.71. The average Bonchev–Trinajstić information content (AvgIpc) is 2.54. The Bertz CT molecular complexity index is 409. The number of hydrogen-bond donors (Lipinski definition) is 2. The number of amides is 1. The highest BCUT2D eigenvalue weighted by Gasteiger charge is 2.38. The molecule has 2 N–H and O–H groups in total. The van der Waals surface area contributed by atoms with Gasteiger partial charge in [0.1, 0.15) is 0 Å². The number of rotatable bonds is 5. The van der Waals surface area contributed by atoms with Gasteiger partial charge in [0.25, 0.3) is 0 Å². The fourth-order valence-electron chi connectivity index (χ4n) is 2.09. The van der Waals surface area contributed by atoms with Gasteiger partial charge < -0.3 is 14.9 Å². The fourth-order valence-corrected chi connectivity index (χ4v) is 2.48. The van der Waals surface area contributed by atoms with E-state index in [-0.39, 0.29) is 19.0 Å². The molecule has 0 radical (unpaired) electrons. The number of sulfonamides is 1. The van der Waals surface area contributed by atoms with Crippen LogP contribution in [-0.2, 0) is 14.8 Å². The zero-order chi connectivity index (χ0) is 14.0. The zero-order valence-corrected chi connectivity index (χ0v) is 11.8. The van der Waals surface area contributed by atoms with Crippen molar-refractivity contribution in [3.63, 3.8) is 0 Å². The number of likely N-dealkylation sites (N-methyl/N-ethyl adjacent to an activating group) is 1. The van der Waals surface area contributed by atoms with Crippen molar-refractivity contribution in [2.24, 2.45) is 0 Å². The van der Waals surface area contributed by atoms with E-state index in [0.717, 1.165) is 6.26 Å². The smallest absolute Gasteiger partial charge is 0.237 e. The molecule has 1 aliphatic heterocycles. The van der Waals surface area contributed by atoms with Gasteiger partial charge in [-0.3, -0.25) is 4.79 Å². The number of nitrogens with one attached hydrogen (secondary N) is 1. The van der Waals surface area contributed by atoms with E-state index in [1.165, 1.54) is 4.90 Å². The third kappa shape index (κ3) is 4.89. The van der Waals surface area contributed by atoms with Crippen LogP contribution in [0.3, 0.4) is 0 Å². The Labute approximate surface area is 108 Å². The SMILES string of the molecule is CN(C)C[C@@]1(O)CCN(C(=O)CNS(C)(=O)=O)C1. The van der Waals surface area contributed by atoms with Crippen LogP contribution in [0.4, 0.5) is 0 Å². The Morgan fingerprint density at radius 2 is 2.11 bits per heavy atom. The molecule has 1 rings (SSSR count). The van der Waals surface area contributed by atoms with Gasteiger partial charge in [0, 0.05) is 13.1 Å². The fraction of sp³-hybridized carbons (Fsp3) is 0.900. The molecule has 7 nitrogen and oxygen atoms in total. The van der Waals surface area contributed by atoms with Crippen molar-refractivity contribution < 1.29 is 18.3 Å². The average molecular weight is 279 g/mol. The Morgan fingerprint density at radius 1 is 1.50 bits per heavy atom. The predicted octanol–water partition coefficient (Wildman–Crippen LogP) is -1.94. The van der Waals surface area contributed by atoms with E-state index in [2.05, 4.69) is 4.72 Å². The van der Waals surface area contributed by atoms with Crippen LogP contribution >= 0.6 is 0 Å². The molecule has 0 aromatic heterocycles. The summed E-state index contributed by atoms with van der Waals surface area (Å²) in [6, 6.07) is 0. The molecular weight excluding hydrogens is 258 g/mol. The molecule has 0 unspecified atom stereocenters. The molecule has 106 valence electrons. The third-order valence-electron chi connectivity index (χ3n) is 2.78. The lowest BCUT2D eigenvalue weighted by atomic mass is 10.0. The lowest BCUT2D eigenvalue weighted by Gasteiger charge is -2.26. The first kappa shape index (κ1) is 15.4. The van der Waals surface area contributed by atoms with Crippen LogP contribution in [0, 0.1) is 0 Å². The van der Waals surface area contributed by atoms with Gasteiger partial charge in [-0.1, -0.05) is 0 Å². The van der Waals surface area contributed by atoms with Crippen LogP contribution in [0.1, 0.15) is 6.42 Å². The molecule has 1 fully saturated rings. The van der Waals surface area contributed by atoms with Crippen molar-refractivity contribution in [3.8, 4) is 0 Å². The van der Waals surface area contributed by atoms with Gasteiger partial charge in [0.15, 0.2) is 0 Å². The van der Waals surface area contributed by atoms with E-state index in [1.54, 1.807) is 0 Å². The zero-order valence-electron chi connectivity index (χ0n) is 11.0. The summed E-state index contributed by atoms with van der Waals surface area (Å²) in [6.45, 7) is 0.928. The van der Waals surface area contributed by atoms with Gasteiger partial charge >= 0.3 is 0 Å². The lowest BCUT2D eigenvalue weighted by Crippen LogP contribution is -2.45. The topological polar surface area (TPSA) is 89.9 Å². The Balaban J connectivity index is 2.48. The minimum atomic E-state index is -3.36. The normalized spacial score (nSPS) is 24.8. The summed E-state index contributed by atoms with van der Waals surface area (Å²) >= 11 is 0. The van der Waals surface area contributed by atoms with Crippen LogP contribution in [0.25, 0.3) is 0 Å². The van der Waals surface area contributed by atoms with Gasteiger partial charge in [0.2, 0.25) is 15.9 Å². The summed E-state index contributed by atoms with van der Waals surface area (Å²) in [5.41, 5.74) is -0.899. The number of aliphatic hydroxyl groups is 1. The van der Waals surface area contributed by atoms with E-state index in [0.29, 0.717) is 19.5 Å². The summed E-state index contributed by atoms with van der Waals surface area (Å²) in [5.74, 6) is -0.310. The molecule has 18 heavy (non-hydrogen) atoms. The predicted molar refractivity (Wildman–Crippen MR) is 67.5 cm³/mol. The summed E-state index contributed by atoms with van der Waals surface area (Å²) in [5, 5.41) is 10.2. The van der Waals surface area contributed by atoms with Gasteiger partial charge in [0.05, 0.1) is 24.9 Å². The number of β-amino-alcohol motifs (C(OH)–C–C–N with tert-alkyl or cyclic N) is 1. The van der Waals surface area contributed by atoms with Crippen molar-refractivity contribution in [3.05, 3.63) is 0 Å². The number of hydrogen-bond acceptors (Lipinski definition) is 5. The molecular formula is C10H21N3O4S.